The minimum Gasteiger partial charge on any atom is -0.485 e. The lowest BCUT2D eigenvalue weighted by Crippen LogP contribution is -2.43. The molecule has 1 spiro atoms. The molecular weight excluding hydrogens is 380 g/mol. The Morgan fingerprint density at radius 1 is 1.23 bits per heavy atom. The van der Waals surface area contributed by atoms with E-state index in [1.165, 1.54) is 6.08 Å². The van der Waals surface area contributed by atoms with Crippen LogP contribution in [0.2, 0.25) is 0 Å². The number of amides is 1. The number of ether oxygens (including phenoxy) is 2. The molecule has 0 atom stereocenters. The number of piperidine rings is 1. The summed E-state index contributed by atoms with van der Waals surface area (Å²) in [5.74, 6) is 0.550. The summed E-state index contributed by atoms with van der Waals surface area (Å²) in [6.45, 7) is 2.28. The van der Waals surface area contributed by atoms with Gasteiger partial charge in [-0.25, -0.2) is 4.79 Å². The average Bonchev–Trinajstić information content (AvgIpc) is 3.15. The Bertz CT molecular complexity index is 1090. The van der Waals surface area contributed by atoms with Crippen molar-refractivity contribution < 1.29 is 19.1 Å². The summed E-state index contributed by atoms with van der Waals surface area (Å²) in [5.41, 5.74) is 12.3. The minimum absolute atomic E-state index is 0.120. The number of rotatable bonds is 2. The van der Waals surface area contributed by atoms with Crippen molar-refractivity contribution >= 4 is 17.6 Å². The highest BCUT2D eigenvalue weighted by Crippen LogP contribution is 2.48. The van der Waals surface area contributed by atoms with Crippen molar-refractivity contribution in [3.8, 4) is 0 Å². The SMILES string of the molecule is NCC1=CC=C=C2OCC3(CCN(C(=O)/C=C4\OC(=O)c5ccccc54)CC3)C2=C1. The number of cyclic esters (lactones) is 1. The first-order valence-electron chi connectivity index (χ1n) is 10.1. The van der Waals surface area contributed by atoms with Crippen molar-refractivity contribution in [1.29, 1.82) is 0 Å². The number of esters is 1. The van der Waals surface area contributed by atoms with Gasteiger partial charge in [-0.05, 0) is 42.7 Å². The molecule has 5 rings (SSSR count). The van der Waals surface area contributed by atoms with Crippen molar-refractivity contribution in [2.45, 2.75) is 12.8 Å². The van der Waals surface area contributed by atoms with E-state index in [2.05, 4.69) is 11.8 Å². The Morgan fingerprint density at radius 3 is 2.77 bits per heavy atom. The molecule has 0 unspecified atom stereocenters. The predicted octanol–water partition coefficient (Wildman–Crippen LogP) is 2.70. The van der Waals surface area contributed by atoms with Gasteiger partial charge in [-0.1, -0.05) is 23.9 Å². The number of benzene rings is 1. The van der Waals surface area contributed by atoms with Gasteiger partial charge in [-0.3, -0.25) is 4.79 Å². The smallest absolute Gasteiger partial charge is 0.344 e. The van der Waals surface area contributed by atoms with Crippen molar-refractivity contribution in [1.82, 2.24) is 4.90 Å². The fraction of sp³-hybridized carbons (Fsp3) is 0.292. The molecule has 2 N–H and O–H groups in total. The Labute approximate surface area is 174 Å². The van der Waals surface area contributed by atoms with E-state index in [4.69, 9.17) is 15.2 Å². The van der Waals surface area contributed by atoms with Crippen LogP contribution in [0.15, 0.2) is 71.2 Å². The summed E-state index contributed by atoms with van der Waals surface area (Å²) in [4.78, 5) is 26.7. The molecule has 0 aromatic heterocycles. The number of likely N-dealkylation sites (tertiary alicyclic amines) is 1. The van der Waals surface area contributed by atoms with E-state index in [1.54, 1.807) is 18.2 Å². The zero-order chi connectivity index (χ0) is 20.7. The summed E-state index contributed by atoms with van der Waals surface area (Å²) in [7, 11) is 0. The van der Waals surface area contributed by atoms with Crippen molar-refractivity contribution in [2.24, 2.45) is 11.1 Å². The van der Waals surface area contributed by atoms with Gasteiger partial charge in [-0.2, -0.15) is 0 Å². The Morgan fingerprint density at radius 2 is 2.00 bits per heavy atom. The fourth-order valence-electron chi connectivity index (χ4n) is 4.49. The van der Waals surface area contributed by atoms with Crippen LogP contribution in [-0.4, -0.2) is 43.0 Å². The van der Waals surface area contributed by atoms with Crippen LogP contribution in [0.3, 0.4) is 0 Å². The van der Waals surface area contributed by atoms with Gasteiger partial charge in [0.25, 0.3) is 0 Å². The number of carbonyl (C=O) groups is 2. The molecule has 1 aromatic rings. The number of hydrogen-bond acceptors (Lipinski definition) is 5. The molecule has 0 saturated carbocycles. The zero-order valence-electron chi connectivity index (χ0n) is 16.5. The van der Waals surface area contributed by atoms with Gasteiger partial charge in [0.05, 0.1) is 12.2 Å². The van der Waals surface area contributed by atoms with E-state index in [0.29, 0.717) is 43.1 Å². The Kier molecular flexibility index (Phi) is 4.46. The molecule has 1 amide bonds. The van der Waals surface area contributed by atoms with E-state index < -0.39 is 5.97 Å². The number of carbonyl (C=O) groups excluding carboxylic acids is 2. The summed E-state index contributed by atoms with van der Waals surface area (Å²) < 4.78 is 11.2. The van der Waals surface area contributed by atoms with E-state index in [9.17, 15) is 9.59 Å². The topological polar surface area (TPSA) is 81.9 Å². The molecule has 2 saturated heterocycles. The highest BCUT2D eigenvalue weighted by molar-refractivity contribution is 6.06. The standard InChI is InChI=1S/C24H22N2O4/c25-14-16-4-3-7-20-19(12-16)24(15-29-20)8-10-26(11-9-24)22(27)13-21-17-5-1-2-6-18(17)23(28)30-21/h1-6,12-13H,8-11,14-15,25H2/b21-13-. The van der Waals surface area contributed by atoms with E-state index >= 15 is 0 Å². The molecule has 1 aromatic carbocycles. The van der Waals surface area contributed by atoms with Crippen molar-refractivity contribution in [3.05, 3.63) is 82.3 Å². The third kappa shape index (κ3) is 3.02. The summed E-state index contributed by atoms with van der Waals surface area (Å²) in [6.07, 6.45) is 8.96. The van der Waals surface area contributed by atoms with Crippen molar-refractivity contribution in [3.63, 3.8) is 0 Å². The molecule has 0 bridgehead atoms. The Hall–Kier alpha value is -3.34. The largest absolute Gasteiger partial charge is 0.485 e. The minimum atomic E-state index is -0.415. The summed E-state index contributed by atoms with van der Waals surface area (Å²) >= 11 is 0. The number of hydrogen-bond donors (Lipinski definition) is 1. The van der Waals surface area contributed by atoms with Gasteiger partial charge in [-0.15, -0.1) is 0 Å². The van der Waals surface area contributed by atoms with Crippen LogP contribution in [0.25, 0.3) is 5.76 Å². The monoisotopic (exact) mass is 402 g/mol. The molecule has 3 heterocycles. The third-order valence-electron chi connectivity index (χ3n) is 6.29. The second-order valence-electron chi connectivity index (χ2n) is 7.98. The normalized spacial score (nSPS) is 22.6. The first-order valence-corrected chi connectivity index (χ1v) is 10.1. The van der Waals surface area contributed by atoms with E-state index in [1.807, 2.05) is 23.1 Å². The molecular formula is C24H22N2O4. The average molecular weight is 402 g/mol. The van der Waals surface area contributed by atoms with Crippen LogP contribution in [0.5, 0.6) is 0 Å². The maximum Gasteiger partial charge on any atom is 0.344 e. The van der Waals surface area contributed by atoms with Gasteiger partial charge < -0.3 is 20.1 Å². The molecule has 30 heavy (non-hydrogen) atoms. The van der Waals surface area contributed by atoms with Gasteiger partial charge in [0.15, 0.2) is 5.76 Å². The lowest BCUT2D eigenvalue weighted by atomic mass is 9.73. The van der Waals surface area contributed by atoms with Gasteiger partial charge in [0.1, 0.15) is 5.76 Å². The highest BCUT2D eigenvalue weighted by atomic mass is 16.5. The number of allylic oxidation sites excluding steroid dienone is 2. The van der Waals surface area contributed by atoms with Crippen LogP contribution < -0.4 is 5.73 Å². The highest BCUT2D eigenvalue weighted by Gasteiger charge is 2.46. The molecule has 1 aliphatic carbocycles. The fourth-order valence-corrected chi connectivity index (χ4v) is 4.49. The molecule has 152 valence electrons. The van der Waals surface area contributed by atoms with E-state index in [0.717, 1.165) is 29.7 Å². The van der Waals surface area contributed by atoms with Crippen LogP contribution in [0, 0.1) is 5.41 Å². The van der Waals surface area contributed by atoms with Crippen LogP contribution >= 0.6 is 0 Å². The third-order valence-corrected chi connectivity index (χ3v) is 6.29. The molecule has 6 nitrogen and oxygen atoms in total. The number of fused-ring (bicyclic) bond motifs is 3. The van der Waals surface area contributed by atoms with Gasteiger partial charge in [0, 0.05) is 42.3 Å². The molecule has 6 heteroatoms. The Balaban J connectivity index is 1.33. The lowest BCUT2D eigenvalue weighted by Gasteiger charge is -2.38. The van der Waals surface area contributed by atoms with Gasteiger partial charge >= 0.3 is 5.97 Å². The predicted molar refractivity (Wildman–Crippen MR) is 111 cm³/mol. The number of nitrogens with zero attached hydrogens (tertiary/aromatic N) is 1. The molecule has 4 aliphatic rings. The maximum atomic E-state index is 12.9. The summed E-state index contributed by atoms with van der Waals surface area (Å²) in [5, 5.41) is 0. The first kappa shape index (κ1) is 18.7. The zero-order valence-corrected chi connectivity index (χ0v) is 16.5. The molecule has 3 aliphatic heterocycles. The second kappa shape index (κ2) is 7.17. The molecule has 2 fully saturated rings. The lowest BCUT2D eigenvalue weighted by molar-refractivity contribution is -0.128. The van der Waals surface area contributed by atoms with Gasteiger partial charge in [0.2, 0.25) is 5.91 Å². The van der Waals surface area contributed by atoms with Crippen LogP contribution in [0.1, 0.15) is 28.8 Å². The number of nitrogens with two attached hydrogens (primary N) is 1. The van der Waals surface area contributed by atoms with E-state index in [-0.39, 0.29) is 11.3 Å². The quantitative estimate of drug-likeness (QED) is 0.467. The van der Waals surface area contributed by atoms with Crippen LogP contribution in [0.4, 0.5) is 0 Å². The van der Waals surface area contributed by atoms with Crippen molar-refractivity contribution in [2.75, 3.05) is 26.2 Å². The summed E-state index contributed by atoms with van der Waals surface area (Å²) in [6, 6.07) is 7.11. The van der Waals surface area contributed by atoms with Crippen LogP contribution in [-0.2, 0) is 14.3 Å². The molecule has 0 radical (unpaired) electrons. The maximum absolute atomic E-state index is 12.9. The second-order valence-corrected chi connectivity index (χ2v) is 7.98. The first-order chi connectivity index (χ1) is 14.6.